The van der Waals surface area contributed by atoms with E-state index in [1.807, 2.05) is 17.2 Å². The average Bonchev–Trinajstić information content (AvgIpc) is 3.06. The molecule has 2 aliphatic rings. The van der Waals surface area contributed by atoms with Crippen LogP contribution in [0.3, 0.4) is 0 Å². The van der Waals surface area contributed by atoms with Crippen LogP contribution in [-0.2, 0) is 16.0 Å². The van der Waals surface area contributed by atoms with E-state index in [0.29, 0.717) is 25.6 Å². The van der Waals surface area contributed by atoms with E-state index in [-0.39, 0.29) is 17.7 Å². The second-order valence-electron chi connectivity index (χ2n) is 5.58. The van der Waals surface area contributed by atoms with Gasteiger partial charge >= 0.3 is 0 Å². The molecule has 0 aromatic carbocycles. The van der Waals surface area contributed by atoms with Crippen molar-refractivity contribution in [1.29, 1.82) is 0 Å². The van der Waals surface area contributed by atoms with Gasteiger partial charge in [-0.2, -0.15) is 0 Å². The van der Waals surface area contributed by atoms with Crippen molar-refractivity contribution in [3.63, 3.8) is 0 Å². The molecule has 0 spiro atoms. The zero-order chi connectivity index (χ0) is 14.1. The predicted molar refractivity (Wildman–Crippen MR) is 76.4 cm³/mol. The summed E-state index contributed by atoms with van der Waals surface area (Å²) < 4.78 is 0. The summed E-state index contributed by atoms with van der Waals surface area (Å²) >= 11 is 1.62. The third-order valence-corrected chi connectivity index (χ3v) is 4.69. The van der Waals surface area contributed by atoms with Crippen LogP contribution in [0, 0.1) is 12.8 Å². The van der Waals surface area contributed by atoms with Crippen LogP contribution in [0.2, 0.25) is 0 Å². The number of amides is 2. The summed E-state index contributed by atoms with van der Waals surface area (Å²) in [4.78, 5) is 30.1. The van der Waals surface area contributed by atoms with Crippen LogP contribution in [-0.4, -0.2) is 40.8 Å². The molecule has 1 N–H and O–H groups in total. The summed E-state index contributed by atoms with van der Waals surface area (Å²) in [6, 6.07) is 0.415. The van der Waals surface area contributed by atoms with Crippen molar-refractivity contribution in [2.24, 2.45) is 5.92 Å². The van der Waals surface area contributed by atoms with Gasteiger partial charge in [-0.25, -0.2) is 4.98 Å². The SMILES string of the molecule is Cc1nc(CCNC(=O)[C@H]2CC(=O)N(C3CC3)C2)cs1. The minimum Gasteiger partial charge on any atom is -0.355 e. The molecule has 0 bridgehead atoms. The summed E-state index contributed by atoms with van der Waals surface area (Å²) in [7, 11) is 0. The van der Waals surface area contributed by atoms with E-state index in [1.165, 1.54) is 0 Å². The fraction of sp³-hybridized carbons (Fsp3) is 0.643. The topological polar surface area (TPSA) is 62.3 Å². The summed E-state index contributed by atoms with van der Waals surface area (Å²) in [5.41, 5.74) is 1.02. The van der Waals surface area contributed by atoms with Crippen molar-refractivity contribution in [2.45, 2.75) is 38.6 Å². The Morgan fingerprint density at radius 3 is 3.00 bits per heavy atom. The molecule has 1 aliphatic carbocycles. The molecule has 6 heteroatoms. The van der Waals surface area contributed by atoms with Crippen LogP contribution in [0.4, 0.5) is 0 Å². The first kappa shape index (κ1) is 13.5. The average molecular weight is 293 g/mol. The Balaban J connectivity index is 1.44. The fourth-order valence-corrected chi connectivity index (χ4v) is 3.27. The number of aromatic nitrogens is 1. The maximum atomic E-state index is 12.1. The van der Waals surface area contributed by atoms with E-state index >= 15 is 0 Å². The number of nitrogens with zero attached hydrogens (tertiary/aromatic N) is 2. The molecule has 108 valence electrons. The fourth-order valence-electron chi connectivity index (χ4n) is 2.63. The number of nitrogens with one attached hydrogen (secondary N) is 1. The molecule has 1 aliphatic heterocycles. The lowest BCUT2D eigenvalue weighted by atomic mass is 10.1. The molecule has 1 atom stereocenters. The first-order valence-corrected chi connectivity index (χ1v) is 7.99. The normalized spacial score (nSPS) is 22.4. The van der Waals surface area contributed by atoms with Gasteiger partial charge in [0.2, 0.25) is 11.8 Å². The Labute approximate surface area is 122 Å². The van der Waals surface area contributed by atoms with Gasteiger partial charge in [0.25, 0.3) is 0 Å². The predicted octanol–water partition coefficient (Wildman–Crippen LogP) is 1.12. The highest BCUT2D eigenvalue weighted by Gasteiger charge is 2.41. The molecule has 20 heavy (non-hydrogen) atoms. The van der Waals surface area contributed by atoms with Crippen molar-refractivity contribution in [1.82, 2.24) is 15.2 Å². The second-order valence-corrected chi connectivity index (χ2v) is 6.64. The van der Waals surface area contributed by atoms with E-state index in [4.69, 9.17) is 0 Å². The van der Waals surface area contributed by atoms with E-state index < -0.39 is 0 Å². The first-order valence-electron chi connectivity index (χ1n) is 7.11. The molecule has 2 heterocycles. The van der Waals surface area contributed by atoms with E-state index in [2.05, 4.69) is 10.3 Å². The van der Waals surface area contributed by atoms with E-state index in [0.717, 1.165) is 30.0 Å². The summed E-state index contributed by atoms with van der Waals surface area (Å²) in [5, 5.41) is 6.00. The van der Waals surface area contributed by atoms with E-state index in [1.54, 1.807) is 11.3 Å². The van der Waals surface area contributed by atoms with Gasteiger partial charge in [-0.3, -0.25) is 9.59 Å². The van der Waals surface area contributed by atoms with E-state index in [9.17, 15) is 9.59 Å². The summed E-state index contributed by atoms with van der Waals surface area (Å²) in [6.07, 6.45) is 3.33. The van der Waals surface area contributed by atoms with Crippen molar-refractivity contribution in [3.05, 3.63) is 16.1 Å². The Kier molecular flexibility index (Phi) is 3.74. The lowest BCUT2D eigenvalue weighted by Gasteiger charge is -2.15. The van der Waals surface area contributed by atoms with Crippen LogP contribution in [0.5, 0.6) is 0 Å². The smallest absolute Gasteiger partial charge is 0.225 e. The molecule has 1 saturated heterocycles. The second kappa shape index (κ2) is 5.52. The quantitative estimate of drug-likeness (QED) is 0.885. The standard InChI is InChI=1S/C14H19N3O2S/c1-9-16-11(8-20-9)4-5-15-14(19)10-6-13(18)17(7-10)12-2-3-12/h8,10,12H,2-7H2,1H3,(H,15,19)/t10-/m0/s1. The third-order valence-electron chi connectivity index (χ3n) is 3.86. The third kappa shape index (κ3) is 3.00. The number of hydrogen-bond acceptors (Lipinski definition) is 4. The lowest BCUT2D eigenvalue weighted by molar-refractivity contribution is -0.129. The zero-order valence-corrected chi connectivity index (χ0v) is 12.4. The monoisotopic (exact) mass is 293 g/mol. The number of hydrogen-bond donors (Lipinski definition) is 1. The molecule has 1 aromatic heterocycles. The lowest BCUT2D eigenvalue weighted by Crippen LogP contribution is -2.34. The first-order chi connectivity index (χ1) is 9.63. The van der Waals surface area contributed by atoms with Crippen LogP contribution in [0.1, 0.15) is 30.0 Å². The van der Waals surface area contributed by atoms with Gasteiger partial charge < -0.3 is 10.2 Å². The minimum atomic E-state index is -0.166. The van der Waals surface area contributed by atoms with Crippen molar-refractivity contribution in [3.8, 4) is 0 Å². The molecule has 0 radical (unpaired) electrons. The molecule has 3 rings (SSSR count). The number of rotatable bonds is 5. The Morgan fingerprint density at radius 1 is 1.55 bits per heavy atom. The van der Waals surface area contributed by atoms with Crippen LogP contribution in [0.25, 0.3) is 0 Å². The minimum absolute atomic E-state index is 0.00783. The van der Waals surface area contributed by atoms with Gasteiger partial charge in [0.05, 0.1) is 16.6 Å². The van der Waals surface area contributed by atoms with Gasteiger partial charge in [0.1, 0.15) is 0 Å². The number of aryl methyl sites for hydroxylation is 1. The highest BCUT2D eigenvalue weighted by Crippen LogP contribution is 2.32. The highest BCUT2D eigenvalue weighted by molar-refractivity contribution is 7.09. The molecule has 1 aromatic rings. The Bertz CT molecular complexity index is 524. The molecule has 5 nitrogen and oxygen atoms in total. The molecule has 1 saturated carbocycles. The molecular weight excluding hydrogens is 274 g/mol. The maximum absolute atomic E-state index is 12.1. The van der Waals surface area contributed by atoms with Crippen LogP contribution < -0.4 is 5.32 Å². The summed E-state index contributed by atoms with van der Waals surface area (Å²) in [5.74, 6) is -0.0171. The van der Waals surface area contributed by atoms with Crippen molar-refractivity contribution in [2.75, 3.05) is 13.1 Å². The van der Waals surface area contributed by atoms with Crippen LogP contribution in [0.15, 0.2) is 5.38 Å². The Morgan fingerprint density at radius 2 is 2.35 bits per heavy atom. The van der Waals surface area contributed by atoms with Crippen molar-refractivity contribution < 1.29 is 9.59 Å². The number of carbonyl (C=O) groups is 2. The molecular formula is C14H19N3O2S. The zero-order valence-electron chi connectivity index (χ0n) is 11.6. The van der Waals surface area contributed by atoms with Gasteiger partial charge in [0.15, 0.2) is 0 Å². The largest absolute Gasteiger partial charge is 0.355 e. The highest BCUT2D eigenvalue weighted by atomic mass is 32.1. The van der Waals surface area contributed by atoms with Crippen LogP contribution >= 0.6 is 11.3 Å². The van der Waals surface area contributed by atoms with Crippen molar-refractivity contribution >= 4 is 23.2 Å². The molecule has 0 unspecified atom stereocenters. The van der Waals surface area contributed by atoms with Gasteiger partial charge in [0, 0.05) is 37.4 Å². The maximum Gasteiger partial charge on any atom is 0.225 e. The molecule has 2 fully saturated rings. The summed E-state index contributed by atoms with van der Waals surface area (Å²) in [6.45, 7) is 3.17. The van der Waals surface area contributed by atoms with Gasteiger partial charge in [-0.1, -0.05) is 0 Å². The molecule has 2 amide bonds. The Hall–Kier alpha value is -1.43. The number of likely N-dealkylation sites (tertiary alicyclic amines) is 1. The van der Waals surface area contributed by atoms with Gasteiger partial charge in [-0.15, -0.1) is 11.3 Å². The number of thiazole rings is 1. The number of carbonyl (C=O) groups excluding carboxylic acids is 2. The van der Waals surface area contributed by atoms with Gasteiger partial charge in [-0.05, 0) is 19.8 Å².